The average molecular weight is 297 g/mol. The lowest BCUT2D eigenvalue weighted by atomic mass is 10.1. The van der Waals surface area contributed by atoms with Crippen LogP contribution in [0.25, 0.3) is 0 Å². The maximum absolute atomic E-state index is 5.53. The van der Waals surface area contributed by atoms with E-state index in [1.165, 1.54) is 5.56 Å². The molecule has 0 bridgehead atoms. The van der Waals surface area contributed by atoms with Crippen LogP contribution in [-0.4, -0.2) is 31.8 Å². The maximum atomic E-state index is 5.53. The monoisotopic (exact) mass is 297 g/mol. The Morgan fingerprint density at radius 2 is 1.95 bits per heavy atom. The molecule has 0 amide bonds. The molecule has 20 heavy (non-hydrogen) atoms. The van der Waals surface area contributed by atoms with Crippen LogP contribution in [-0.2, 0) is 0 Å². The Morgan fingerprint density at radius 3 is 2.50 bits per heavy atom. The minimum atomic E-state index is 0.309. The van der Waals surface area contributed by atoms with Crippen LogP contribution < -0.4 is 14.8 Å². The number of ether oxygens (including phenoxy) is 2. The van der Waals surface area contributed by atoms with Crippen LogP contribution in [0.4, 0.5) is 0 Å². The van der Waals surface area contributed by atoms with Crippen molar-refractivity contribution in [1.82, 2.24) is 5.32 Å². The van der Waals surface area contributed by atoms with Gasteiger partial charge in [0.15, 0.2) is 0 Å². The Balaban J connectivity index is 2.92. The second-order valence-corrected chi connectivity index (χ2v) is 6.61. The van der Waals surface area contributed by atoms with Gasteiger partial charge >= 0.3 is 0 Å². The summed E-state index contributed by atoms with van der Waals surface area (Å²) >= 11 is 1.96. The van der Waals surface area contributed by atoms with E-state index in [1.807, 2.05) is 23.9 Å². The van der Waals surface area contributed by atoms with E-state index in [2.05, 4.69) is 32.2 Å². The third-order valence-corrected chi connectivity index (χ3v) is 4.25. The van der Waals surface area contributed by atoms with Crippen LogP contribution in [0, 0.1) is 0 Å². The fourth-order valence-electron chi connectivity index (χ4n) is 1.97. The highest BCUT2D eigenvalue weighted by Crippen LogP contribution is 2.31. The number of benzene rings is 1. The van der Waals surface area contributed by atoms with E-state index in [0.29, 0.717) is 11.3 Å². The molecule has 1 N–H and O–H groups in total. The molecule has 1 rings (SSSR count). The molecule has 0 heterocycles. The first-order valence-corrected chi connectivity index (χ1v) is 8.24. The molecule has 0 aliphatic carbocycles. The smallest absolute Gasteiger partial charge is 0.127 e. The van der Waals surface area contributed by atoms with Crippen molar-refractivity contribution in [1.29, 1.82) is 0 Å². The SMILES string of the molecule is CCCNC(CSC(C)C)c1ccc(OC)cc1OC. The molecule has 0 aliphatic rings. The molecule has 0 fully saturated rings. The first-order valence-electron chi connectivity index (χ1n) is 7.19. The van der Waals surface area contributed by atoms with Gasteiger partial charge in [-0.2, -0.15) is 11.8 Å². The van der Waals surface area contributed by atoms with Crippen molar-refractivity contribution >= 4 is 11.8 Å². The number of hydrogen-bond acceptors (Lipinski definition) is 4. The van der Waals surface area contributed by atoms with E-state index in [9.17, 15) is 0 Å². The topological polar surface area (TPSA) is 30.5 Å². The van der Waals surface area contributed by atoms with Gasteiger partial charge in [-0.15, -0.1) is 0 Å². The average Bonchev–Trinajstić information content (AvgIpc) is 2.46. The third kappa shape index (κ3) is 5.25. The van der Waals surface area contributed by atoms with Crippen molar-refractivity contribution in [3.05, 3.63) is 23.8 Å². The van der Waals surface area contributed by atoms with Crippen molar-refractivity contribution in [3.8, 4) is 11.5 Å². The van der Waals surface area contributed by atoms with Crippen molar-refractivity contribution in [2.45, 2.75) is 38.5 Å². The summed E-state index contributed by atoms with van der Waals surface area (Å²) in [6, 6.07) is 6.36. The van der Waals surface area contributed by atoms with Gasteiger partial charge in [0.05, 0.1) is 14.2 Å². The van der Waals surface area contributed by atoms with Crippen LogP contribution in [0.15, 0.2) is 18.2 Å². The zero-order valence-corrected chi connectivity index (χ0v) is 14.0. The fourth-order valence-corrected chi connectivity index (χ4v) is 2.85. The van der Waals surface area contributed by atoms with Gasteiger partial charge in [0.25, 0.3) is 0 Å². The summed E-state index contributed by atoms with van der Waals surface area (Å²) in [5.74, 6) is 2.76. The highest BCUT2D eigenvalue weighted by Gasteiger charge is 2.17. The number of thioether (sulfide) groups is 1. The lowest BCUT2D eigenvalue weighted by Crippen LogP contribution is -2.25. The number of nitrogens with one attached hydrogen (secondary N) is 1. The van der Waals surface area contributed by atoms with Crippen LogP contribution in [0.3, 0.4) is 0 Å². The Kier molecular flexibility index (Phi) is 7.85. The molecule has 0 spiro atoms. The summed E-state index contributed by atoms with van der Waals surface area (Å²) < 4.78 is 10.8. The number of rotatable bonds is 9. The zero-order valence-electron chi connectivity index (χ0n) is 13.2. The normalized spacial score (nSPS) is 12.5. The van der Waals surface area contributed by atoms with Crippen LogP contribution in [0.2, 0.25) is 0 Å². The zero-order chi connectivity index (χ0) is 15.0. The summed E-state index contributed by atoms with van der Waals surface area (Å²) in [5.41, 5.74) is 1.20. The minimum absolute atomic E-state index is 0.309. The quantitative estimate of drug-likeness (QED) is 0.749. The lowest BCUT2D eigenvalue weighted by Gasteiger charge is -2.22. The van der Waals surface area contributed by atoms with E-state index in [1.54, 1.807) is 14.2 Å². The predicted octanol–water partition coefficient (Wildman–Crippen LogP) is 3.89. The second kappa shape index (κ2) is 9.14. The van der Waals surface area contributed by atoms with E-state index in [4.69, 9.17) is 9.47 Å². The van der Waals surface area contributed by atoms with Gasteiger partial charge < -0.3 is 14.8 Å². The van der Waals surface area contributed by atoms with Crippen LogP contribution in [0.1, 0.15) is 38.8 Å². The molecule has 1 aromatic carbocycles. The molecule has 0 aliphatic heterocycles. The van der Waals surface area contributed by atoms with Crippen LogP contribution >= 0.6 is 11.8 Å². The molecule has 0 radical (unpaired) electrons. The van der Waals surface area contributed by atoms with Gasteiger partial charge in [-0.3, -0.25) is 0 Å². The van der Waals surface area contributed by atoms with Gasteiger partial charge in [0.1, 0.15) is 11.5 Å². The number of hydrogen-bond donors (Lipinski definition) is 1. The largest absolute Gasteiger partial charge is 0.497 e. The van der Waals surface area contributed by atoms with Gasteiger partial charge in [0, 0.05) is 23.4 Å². The molecule has 0 saturated carbocycles. The minimum Gasteiger partial charge on any atom is -0.497 e. The summed E-state index contributed by atoms with van der Waals surface area (Å²) in [4.78, 5) is 0. The maximum Gasteiger partial charge on any atom is 0.127 e. The Bertz CT molecular complexity index is 396. The molecule has 0 aromatic heterocycles. The molecular weight excluding hydrogens is 270 g/mol. The van der Waals surface area contributed by atoms with E-state index >= 15 is 0 Å². The molecule has 1 unspecified atom stereocenters. The van der Waals surface area contributed by atoms with Gasteiger partial charge in [-0.05, 0) is 24.3 Å². The van der Waals surface area contributed by atoms with Crippen molar-refractivity contribution in [3.63, 3.8) is 0 Å². The Labute approximate surface area is 127 Å². The van der Waals surface area contributed by atoms with Gasteiger partial charge in [-0.1, -0.05) is 26.8 Å². The van der Waals surface area contributed by atoms with Gasteiger partial charge in [-0.25, -0.2) is 0 Å². The number of methoxy groups -OCH3 is 2. The van der Waals surface area contributed by atoms with E-state index < -0.39 is 0 Å². The summed E-state index contributed by atoms with van der Waals surface area (Å²) in [6.07, 6.45) is 1.13. The van der Waals surface area contributed by atoms with E-state index in [-0.39, 0.29) is 0 Å². The third-order valence-electron chi connectivity index (χ3n) is 3.05. The standard InChI is InChI=1S/C16H27NO2S/c1-6-9-17-15(11-20-12(2)3)14-8-7-13(18-4)10-16(14)19-5/h7-8,10,12,15,17H,6,9,11H2,1-5H3. The Morgan fingerprint density at radius 1 is 1.20 bits per heavy atom. The predicted molar refractivity (Wildman–Crippen MR) is 88.2 cm³/mol. The van der Waals surface area contributed by atoms with Crippen LogP contribution in [0.5, 0.6) is 11.5 Å². The van der Waals surface area contributed by atoms with Crippen molar-refractivity contribution in [2.24, 2.45) is 0 Å². The highest BCUT2D eigenvalue weighted by molar-refractivity contribution is 7.99. The van der Waals surface area contributed by atoms with Crippen molar-refractivity contribution < 1.29 is 9.47 Å². The van der Waals surface area contributed by atoms with Gasteiger partial charge in [0.2, 0.25) is 0 Å². The molecule has 3 nitrogen and oxygen atoms in total. The molecular formula is C16H27NO2S. The first kappa shape index (κ1) is 17.2. The molecule has 1 atom stereocenters. The second-order valence-electron chi connectivity index (χ2n) is 5.00. The van der Waals surface area contributed by atoms with E-state index in [0.717, 1.165) is 30.2 Å². The molecule has 4 heteroatoms. The first-order chi connectivity index (χ1) is 9.62. The fraction of sp³-hybridized carbons (Fsp3) is 0.625. The van der Waals surface area contributed by atoms with Crippen molar-refractivity contribution in [2.75, 3.05) is 26.5 Å². The highest BCUT2D eigenvalue weighted by atomic mass is 32.2. The molecule has 0 saturated heterocycles. The molecule has 114 valence electrons. The summed E-state index contributed by atoms with van der Waals surface area (Å²) in [6.45, 7) is 7.66. The lowest BCUT2D eigenvalue weighted by molar-refractivity contribution is 0.386. The Hall–Kier alpha value is -0.870. The summed E-state index contributed by atoms with van der Waals surface area (Å²) in [7, 11) is 3.39. The molecule has 1 aromatic rings. The summed E-state index contributed by atoms with van der Waals surface area (Å²) in [5, 5.41) is 4.24.